The van der Waals surface area contributed by atoms with Crippen LogP contribution in [-0.2, 0) is 18.8 Å². The number of rotatable bonds is 3. The zero-order valence-corrected chi connectivity index (χ0v) is 16.9. The molecule has 26 heavy (non-hydrogen) atoms. The van der Waals surface area contributed by atoms with Crippen molar-refractivity contribution < 1.29 is 15.3 Å². The first-order chi connectivity index (χ1) is 12.5. The van der Waals surface area contributed by atoms with Crippen LogP contribution in [0.1, 0.15) is 27.8 Å². The van der Waals surface area contributed by atoms with Gasteiger partial charge in [0.05, 0.1) is 13.2 Å². The minimum atomic E-state index is -1.46. The molecule has 0 bridgehead atoms. The molecule has 0 saturated carbocycles. The second-order valence-corrected chi connectivity index (χ2v) is 8.19. The summed E-state index contributed by atoms with van der Waals surface area (Å²) in [4.78, 5) is 0. The first-order valence-electron chi connectivity index (χ1n) is 8.16. The molecule has 3 nitrogen and oxygen atoms in total. The molecule has 1 aliphatic carbocycles. The van der Waals surface area contributed by atoms with E-state index < -0.39 is 5.60 Å². The lowest BCUT2D eigenvalue weighted by Gasteiger charge is -2.31. The Morgan fingerprint density at radius 2 is 1.19 bits per heavy atom. The highest BCUT2D eigenvalue weighted by Gasteiger charge is 2.45. The van der Waals surface area contributed by atoms with Gasteiger partial charge < -0.3 is 15.3 Å². The third kappa shape index (κ3) is 2.50. The number of aliphatic hydroxyl groups is 3. The second kappa shape index (κ2) is 6.59. The standard InChI is InChI=1S/C21H16Br2O3/c22-14-4-6-16-17-7-5-15(23)9-19(17)21(26,18(16)8-14)20-12(10-24)2-1-3-13(20)11-25/h1-9,24-26H,10-11H2. The summed E-state index contributed by atoms with van der Waals surface area (Å²) in [6.07, 6.45) is 0. The zero-order chi connectivity index (χ0) is 18.5. The van der Waals surface area contributed by atoms with Gasteiger partial charge in [0.1, 0.15) is 5.60 Å². The Balaban J connectivity index is 2.15. The maximum atomic E-state index is 12.1. The smallest absolute Gasteiger partial charge is 0.142 e. The van der Waals surface area contributed by atoms with Gasteiger partial charge in [0.25, 0.3) is 0 Å². The molecule has 4 rings (SSSR count). The molecule has 0 saturated heterocycles. The van der Waals surface area contributed by atoms with Crippen molar-refractivity contribution in [3.63, 3.8) is 0 Å². The van der Waals surface area contributed by atoms with E-state index in [0.717, 1.165) is 31.2 Å². The molecule has 0 heterocycles. The van der Waals surface area contributed by atoms with E-state index in [2.05, 4.69) is 31.9 Å². The van der Waals surface area contributed by atoms with E-state index in [9.17, 15) is 15.3 Å². The first kappa shape index (κ1) is 17.9. The van der Waals surface area contributed by atoms with Crippen LogP contribution in [0, 0.1) is 0 Å². The van der Waals surface area contributed by atoms with Gasteiger partial charge in [0, 0.05) is 25.6 Å². The quantitative estimate of drug-likeness (QED) is 0.524. The summed E-state index contributed by atoms with van der Waals surface area (Å²) in [5, 5.41) is 31.9. The summed E-state index contributed by atoms with van der Waals surface area (Å²) in [6, 6.07) is 17.0. The predicted molar refractivity (Wildman–Crippen MR) is 108 cm³/mol. The minimum Gasteiger partial charge on any atom is -0.392 e. The normalized spacial score (nSPS) is 14.2. The maximum absolute atomic E-state index is 12.1. The largest absolute Gasteiger partial charge is 0.392 e. The third-order valence-corrected chi connectivity index (χ3v) is 5.96. The lowest BCUT2D eigenvalue weighted by atomic mass is 9.79. The van der Waals surface area contributed by atoms with Crippen LogP contribution in [0.3, 0.4) is 0 Å². The average Bonchev–Trinajstić information content (AvgIpc) is 2.89. The summed E-state index contributed by atoms with van der Waals surface area (Å²) in [5.41, 5.74) is 3.61. The average molecular weight is 476 g/mol. The fourth-order valence-corrected chi connectivity index (χ4v) is 4.62. The number of hydrogen-bond donors (Lipinski definition) is 3. The van der Waals surface area contributed by atoms with E-state index in [1.165, 1.54) is 0 Å². The summed E-state index contributed by atoms with van der Waals surface area (Å²) < 4.78 is 1.71. The van der Waals surface area contributed by atoms with Gasteiger partial charge in [0.2, 0.25) is 0 Å². The summed E-state index contributed by atoms with van der Waals surface area (Å²) in [5.74, 6) is 0. The minimum absolute atomic E-state index is 0.224. The zero-order valence-electron chi connectivity index (χ0n) is 13.7. The number of fused-ring (bicyclic) bond motifs is 3. The Morgan fingerprint density at radius 3 is 1.62 bits per heavy atom. The van der Waals surface area contributed by atoms with E-state index in [-0.39, 0.29) is 13.2 Å². The van der Waals surface area contributed by atoms with Gasteiger partial charge in [-0.2, -0.15) is 0 Å². The molecule has 0 fully saturated rings. The maximum Gasteiger partial charge on any atom is 0.142 e. The molecule has 132 valence electrons. The lowest BCUT2D eigenvalue weighted by Crippen LogP contribution is -2.29. The fourth-order valence-electron chi connectivity index (χ4n) is 3.90. The lowest BCUT2D eigenvalue weighted by molar-refractivity contribution is 0.123. The van der Waals surface area contributed by atoms with Crippen LogP contribution in [-0.4, -0.2) is 15.3 Å². The van der Waals surface area contributed by atoms with Crippen LogP contribution in [0.2, 0.25) is 0 Å². The van der Waals surface area contributed by atoms with Crippen LogP contribution >= 0.6 is 31.9 Å². The summed E-state index contributed by atoms with van der Waals surface area (Å²) >= 11 is 7.00. The van der Waals surface area contributed by atoms with Crippen molar-refractivity contribution in [2.24, 2.45) is 0 Å². The van der Waals surface area contributed by atoms with Crippen LogP contribution in [0.25, 0.3) is 11.1 Å². The third-order valence-electron chi connectivity index (χ3n) is 4.97. The van der Waals surface area contributed by atoms with Crippen molar-refractivity contribution >= 4 is 31.9 Å². The number of hydrogen-bond acceptors (Lipinski definition) is 3. The Bertz CT molecular complexity index is 940. The van der Waals surface area contributed by atoms with E-state index >= 15 is 0 Å². The highest BCUT2D eigenvalue weighted by atomic mass is 79.9. The highest BCUT2D eigenvalue weighted by molar-refractivity contribution is 9.10. The molecule has 5 heteroatoms. The Morgan fingerprint density at radius 1 is 0.731 bits per heavy atom. The van der Waals surface area contributed by atoms with Gasteiger partial charge in [0.15, 0.2) is 0 Å². The van der Waals surface area contributed by atoms with Crippen LogP contribution < -0.4 is 0 Å². The Hall–Kier alpha value is -1.50. The molecule has 0 spiro atoms. The Kier molecular flexibility index (Phi) is 4.53. The summed E-state index contributed by atoms with van der Waals surface area (Å²) in [6.45, 7) is -0.448. The van der Waals surface area contributed by atoms with Gasteiger partial charge in [-0.25, -0.2) is 0 Å². The molecule has 0 aliphatic heterocycles. The summed E-state index contributed by atoms with van der Waals surface area (Å²) in [7, 11) is 0. The van der Waals surface area contributed by atoms with Gasteiger partial charge >= 0.3 is 0 Å². The number of halogens is 2. The molecule has 0 atom stereocenters. The topological polar surface area (TPSA) is 60.7 Å². The number of benzene rings is 3. The SMILES string of the molecule is OCc1cccc(CO)c1C1(O)c2cc(Br)ccc2-c2ccc(Br)cc21. The van der Waals surface area contributed by atoms with Crippen molar-refractivity contribution in [1.82, 2.24) is 0 Å². The highest BCUT2D eigenvalue weighted by Crippen LogP contribution is 2.53. The van der Waals surface area contributed by atoms with E-state index in [1.807, 2.05) is 36.4 Å². The van der Waals surface area contributed by atoms with Crippen molar-refractivity contribution in [2.45, 2.75) is 18.8 Å². The second-order valence-electron chi connectivity index (χ2n) is 6.36. The molecule has 0 radical (unpaired) electrons. The molecular formula is C21H16Br2O3. The molecule has 0 aromatic heterocycles. The number of aliphatic hydroxyl groups excluding tert-OH is 2. The molecular weight excluding hydrogens is 460 g/mol. The van der Waals surface area contributed by atoms with E-state index in [1.54, 1.807) is 18.2 Å². The first-order valence-corrected chi connectivity index (χ1v) is 9.75. The van der Waals surface area contributed by atoms with Gasteiger partial charge in [-0.15, -0.1) is 0 Å². The molecule has 0 unspecified atom stereocenters. The molecule has 0 amide bonds. The molecule has 1 aliphatic rings. The van der Waals surface area contributed by atoms with E-state index in [0.29, 0.717) is 16.7 Å². The van der Waals surface area contributed by atoms with E-state index in [4.69, 9.17) is 0 Å². The van der Waals surface area contributed by atoms with Gasteiger partial charge in [-0.1, -0.05) is 62.2 Å². The monoisotopic (exact) mass is 474 g/mol. The van der Waals surface area contributed by atoms with Gasteiger partial charge in [-0.3, -0.25) is 0 Å². The molecule has 3 aromatic rings. The van der Waals surface area contributed by atoms with Crippen molar-refractivity contribution in [3.8, 4) is 11.1 Å². The predicted octanol–water partition coefficient (Wildman–Crippen LogP) is 4.46. The van der Waals surface area contributed by atoms with Crippen LogP contribution in [0.5, 0.6) is 0 Å². The molecule has 3 aromatic carbocycles. The van der Waals surface area contributed by atoms with Gasteiger partial charge in [-0.05, 0) is 46.5 Å². The van der Waals surface area contributed by atoms with Crippen molar-refractivity contribution in [1.29, 1.82) is 0 Å². The van der Waals surface area contributed by atoms with Crippen molar-refractivity contribution in [3.05, 3.63) is 91.4 Å². The van der Waals surface area contributed by atoms with Crippen LogP contribution in [0.4, 0.5) is 0 Å². The molecule has 3 N–H and O–H groups in total. The Labute approximate surface area is 168 Å². The van der Waals surface area contributed by atoms with Crippen LogP contribution in [0.15, 0.2) is 63.5 Å². The fraction of sp³-hybridized carbons (Fsp3) is 0.143. The van der Waals surface area contributed by atoms with Crippen molar-refractivity contribution in [2.75, 3.05) is 0 Å².